The van der Waals surface area contributed by atoms with Gasteiger partial charge in [0.15, 0.2) is 0 Å². The molecule has 2 heterocycles. The van der Waals surface area contributed by atoms with Gasteiger partial charge in [-0.15, -0.1) is 0 Å². The topological polar surface area (TPSA) is 64.1 Å². The molecule has 0 saturated carbocycles. The molecule has 0 radical (unpaired) electrons. The molecule has 1 amide bonds. The number of pyridine rings is 2. The number of alkyl carbamates (subject to hydrolysis) is 1. The maximum absolute atomic E-state index is 11.6. The number of hydrogen-bond donors (Lipinski definition) is 1. The van der Waals surface area contributed by atoms with E-state index in [9.17, 15) is 4.79 Å². The molecule has 5 nitrogen and oxygen atoms in total. The predicted octanol–water partition coefficient (Wildman–Crippen LogP) is 3.31. The van der Waals surface area contributed by atoms with E-state index in [4.69, 9.17) is 16.3 Å². The van der Waals surface area contributed by atoms with E-state index in [-0.39, 0.29) is 6.54 Å². The van der Waals surface area contributed by atoms with Crippen molar-refractivity contribution in [3.63, 3.8) is 0 Å². The molecule has 0 fully saturated rings. The summed E-state index contributed by atoms with van der Waals surface area (Å²) in [6, 6.07) is 5.35. The summed E-state index contributed by atoms with van der Waals surface area (Å²) >= 11 is 5.85. The van der Waals surface area contributed by atoms with Crippen LogP contribution in [0.3, 0.4) is 0 Å². The highest BCUT2D eigenvalue weighted by Crippen LogP contribution is 2.15. The third kappa shape index (κ3) is 4.06. The van der Waals surface area contributed by atoms with Gasteiger partial charge in [0.2, 0.25) is 0 Å². The quantitative estimate of drug-likeness (QED) is 0.863. The Morgan fingerprint density at radius 3 is 2.85 bits per heavy atom. The summed E-state index contributed by atoms with van der Waals surface area (Å²) in [6.45, 7) is 5.71. The zero-order valence-electron chi connectivity index (χ0n) is 11.6. The molecule has 0 aromatic carbocycles. The lowest BCUT2D eigenvalue weighted by Crippen LogP contribution is -2.32. The second-order valence-electron chi connectivity index (χ2n) is 5.36. The minimum atomic E-state index is -0.518. The van der Waals surface area contributed by atoms with E-state index in [2.05, 4.69) is 15.3 Å². The highest BCUT2D eigenvalue weighted by molar-refractivity contribution is 6.29. The number of carbonyl (C=O) groups excluding carboxylic acids is 1. The van der Waals surface area contributed by atoms with Crippen LogP contribution in [-0.4, -0.2) is 21.7 Å². The van der Waals surface area contributed by atoms with E-state index < -0.39 is 11.7 Å². The van der Waals surface area contributed by atoms with Crippen molar-refractivity contribution in [3.8, 4) is 0 Å². The Morgan fingerprint density at radius 1 is 1.40 bits per heavy atom. The Balaban J connectivity index is 2.05. The first-order valence-corrected chi connectivity index (χ1v) is 6.59. The van der Waals surface area contributed by atoms with Crippen molar-refractivity contribution in [3.05, 3.63) is 35.2 Å². The van der Waals surface area contributed by atoms with Gasteiger partial charge in [-0.2, -0.15) is 0 Å². The SMILES string of the molecule is CC(C)(C)OC(=O)NCc1cc2nc(Cl)ccc2cn1. The fourth-order valence-electron chi connectivity index (χ4n) is 1.61. The van der Waals surface area contributed by atoms with Gasteiger partial charge in [0.05, 0.1) is 17.8 Å². The molecule has 0 atom stereocenters. The van der Waals surface area contributed by atoms with Crippen LogP contribution in [-0.2, 0) is 11.3 Å². The van der Waals surface area contributed by atoms with Crippen LogP contribution < -0.4 is 5.32 Å². The highest BCUT2D eigenvalue weighted by Gasteiger charge is 2.15. The molecule has 0 spiro atoms. The molecular formula is C14H16ClN3O2. The van der Waals surface area contributed by atoms with Crippen molar-refractivity contribution in [2.75, 3.05) is 0 Å². The van der Waals surface area contributed by atoms with Gasteiger partial charge in [-0.3, -0.25) is 4.98 Å². The molecule has 2 aromatic rings. The molecule has 0 aliphatic rings. The summed E-state index contributed by atoms with van der Waals surface area (Å²) in [6.07, 6.45) is 1.23. The van der Waals surface area contributed by atoms with E-state index in [1.807, 2.05) is 26.8 Å². The first-order chi connectivity index (χ1) is 9.33. The van der Waals surface area contributed by atoms with Crippen LogP contribution in [0, 0.1) is 0 Å². The largest absolute Gasteiger partial charge is 0.444 e. The van der Waals surface area contributed by atoms with Crippen LogP contribution in [0.15, 0.2) is 24.4 Å². The number of aromatic nitrogens is 2. The maximum atomic E-state index is 11.6. The minimum Gasteiger partial charge on any atom is -0.444 e. The number of carbonyl (C=O) groups is 1. The van der Waals surface area contributed by atoms with Crippen LogP contribution in [0.4, 0.5) is 4.79 Å². The summed E-state index contributed by atoms with van der Waals surface area (Å²) in [5.74, 6) is 0. The number of rotatable bonds is 2. The van der Waals surface area contributed by atoms with Gasteiger partial charge < -0.3 is 10.1 Å². The molecule has 0 bridgehead atoms. The molecule has 6 heteroatoms. The smallest absolute Gasteiger partial charge is 0.407 e. The summed E-state index contributed by atoms with van der Waals surface area (Å²) in [5.41, 5.74) is 0.919. The Kier molecular flexibility index (Phi) is 4.09. The fraction of sp³-hybridized carbons (Fsp3) is 0.357. The fourth-order valence-corrected chi connectivity index (χ4v) is 1.76. The van der Waals surface area contributed by atoms with Gasteiger partial charge in [-0.05, 0) is 39.0 Å². The number of nitrogens with zero attached hydrogens (tertiary/aromatic N) is 2. The minimum absolute atomic E-state index is 0.277. The normalized spacial score (nSPS) is 11.4. The van der Waals surface area contributed by atoms with Gasteiger partial charge >= 0.3 is 6.09 Å². The zero-order chi connectivity index (χ0) is 14.8. The maximum Gasteiger partial charge on any atom is 0.407 e. The van der Waals surface area contributed by atoms with E-state index >= 15 is 0 Å². The molecule has 0 aliphatic carbocycles. The zero-order valence-corrected chi connectivity index (χ0v) is 12.4. The predicted molar refractivity (Wildman–Crippen MR) is 77.6 cm³/mol. The molecule has 2 aromatic heterocycles. The Labute approximate surface area is 122 Å². The molecule has 0 unspecified atom stereocenters. The van der Waals surface area contributed by atoms with E-state index in [1.165, 1.54) is 0 Å². The molecule has 1 N–H and O–H groups in total. The number of nitrogens with one attached hydrogen (secondary N) is 1. The second kappa shape index (κ2) is 5.63. The van der Waals surface area contributed by atoms with Crippen molar-refractivity contribution >= 4 is 28.6 Å². The molecule has 0 saturated heterocycles. The number of ether oxygens (including phenoxy) is 1. The average Bonchev–Trinajstić information content (AvgIpc) is 2.33. The molecule has 0 aliphatic heterocycles. The van der Waals surface area contributed by atoms with Gasteiger partial charge in [0.25, 0.3) is 0 Å². The van der Waals surface area contributed by atoms with Gasteiger partial charge in [-0.1, -0.05) is 11.6 Å². The number of halogens is 1. The lowest BCUT2D eigenvalue weighted by Gasteiger charge is -2.19. The van der Waals surface area contributed by atoms with Crippen LogP contribution in [0.1, 0.15) is 26.5 Å². The van der Waals surface area contributed by atoms with Crippen LogP contribution in [0.25, 0.3) is 10.9 Å². The van der Waals surface area contributed by atoms with Crippen molar-refractivity contribution < 1.29 is 9.53 Å². The standard InChI is InChI=1S/C14H16ClN3O2/c1-14(2,3)20-13(19)17-8-10-6-11-9(7-16-10)4-5-12(15)18-11/h4-7H,8H2,1-3H3,(H,17,19). The lowest BCUT2D eigenvalue weighted by atomic mass is 10.2. The van der Waals surface area contributed by atoms with Crippen LogP contribution in [0.5, 0.6) is 0 Å². The molecule has 20 heavy (non-hydrogen) atoms. The van der Waals surface area contributed by atoms with E-state index in [0.29, 0.717) is 10.8 Å². The van der Waals surface area contributed by atoms with Crippen molar-refractivity contribution in [1.82, 2.24) is 15.3 Å². The molecule has 2 rings (SSSR count). The third-order valence-corrected chi connectivity index (χ3v) is 2.62. The molecular weight excluding hydrogens is 278 g/mol. The Hall–Kier alpha value is -1.88. The van der Waals surface area contributed by atoms with Crippen molar-refractivity contribution in [2.24, 2.45) is 0 Å². The summed E-state index contributed by atoms with van der Waals surface area (Å²) in [5, 5.41) is 3.97. The molecule has 106 valence electrons. The van der Waals surface area contributed by atoms with Crippen LogP contribution in [0.2, 0.25) is 5.15 Å². The lowest BCUT2D eigenvalue weighted by molar-refractivity contribution is 0.0523. The van der Waals surface area contributed by atoms with Gasteiger partial charge in [-0.25, -0.2) is 9.78 Å². The summed E-state index contributed by atoms with van der Waals surface area (Å²) in [4.78, 5) is 20.0. The van der Waals surface area contributed by atoms with Gasteiger partial charge in [0, 0.05) is 11.6 Å². The van der Waals surface area contributed by atoms with Crippen molar-refractivity contribution in [1.29, 1.82) is 0 Å². The third-order valence-electron chi connectivity index (χ3n) is 2.41. The Morgan fingerprint density at radius 2 is 2.15 bits per heavy atom. The van der Waals surface area contributed by atoms with Crippen LogP contribution >= 0.6 is 11.6 Å². The van der Waals surface area contributed by atoms with Crippen molar-refractivity contribution in [2.45, 2.75) is 32.9 Å². The first kappa shape index (κ1) is 14.5. The number of amides is 1. The first-order valence-electron chi connectivity index (χ1n) is 6.21. The number of fused-ring (bicyclic) bond motifs is 1. The monoisotopic (exact) mass is 293 g/mol. The summed E-state index contributed by atoms with van der Waals surface area (Å²) in [7, 11) is 0. The average molecular weight is 294 g/mol. The second-order valence-corrected chi connectivity index (χ2v) is 5.75. The Bertz CT molecular complexity index is 638. The van der Waals surface area contributed by atoms with E-state index in [0.717, 1.165) is 10.9 Å². The number of hydrogen-bond acceptors (Lipinski definition) is 4. The van der Waals surface area contributed by atoms with E-state index in [1.54, 1.807) is 18.3 Å². The summed E-state index contributed by atoms with van der Waals surface area (Å²) < 4.78 is 5.15. The highest BCUT2D eigenvalue weighted by atomic mass is 35.5. The van der Waals surface area contributed by atoms with Gasteiger partial charge in [0.1, 0.15) is 10.8 Å².